The second-order valence-electron chi connectivity index (χ2n) is 6.50. The summed E-state index contributed by atoms with van der Waals surface area (Å²) in [6, 6.07) is 24.3. The average Bonchev–Trinajstić information content (AvgIpc) is 2.74. The Kier molecular flexibility index (Phi) is 6.81. The molecule has 148 valence electrons. The molecule has 1 atom stereocenters. The summed E-state index contributed by atoms with van der Waals surface area (Å²) in [6.45, 7) is 2.01. The van der Waals surface area contributed by atoms with Crippen LogP contribution in [0, 0.1) is 0 Å². The molecule has 0 aliphatic heterocycles. The Hall–Kier alpha value is -3.38. The quantitative estimate of drug-likeness (QED) is 0.504. The normalized spacial score (nSPS) is 11.2. The third kappa shape index (κ3) is 5.80. The fourth-order valence-electron chi connectivity index (χ4n) is 2.83. The highest BCUT2D eigenvalue weighted by atomic mass is 32.1. The minimum atomic E-state index is -0.140. The van der Waals surface area contributed by atoms with E-state index in [1.165, 1.54) is 0 Å². The van der Waals surface area contributed by atoms with Crippen molar-refractivity contribution in [2.24, 2.45) is 0 Å². The van der Waals surface area contributed by atoms with Gasteiger partial charge in [-0.05, 0) is 61.1 Å². The minimum absolute atomic E-state index is 0.0471. The number of ether oxygens (including phenoxy) is 1. The highest BCUT2D eigenvalue weighted by molar-refractivity contribution is 7.80. The number of thiocarbonyl (C=S) groups is 1. The lowest BCUT2D eigenvalue weighted by atomic mass is 10.1. The van der Waals surface area contributed by atoms with E-state index in [4.69, 9.17) is 17.0 Å². The summed E-state index contributed by atoms with van der Waals surface area (Å²) in [6.07, 6.45) is 0. The maximum absolute atomic E-state index is 12.4. The molecule has 0 aromatic heterocycles. The van der Waals surface area contributed by atoms with Gasteiger partial charge in [0.1, 0.15) is 5.75 Å². The van der Waals surface area contributed by atoms with E-state index in [-0.39, 0.29) is 11.9 Å². The molecule has 0 saturated carbocycles. The largest absolute Gasteiger partial charge is 0.497 e. The van der Waals surface area contributed by atoms with Crippen molar-refractivity contribution >= 4 is 34.6 Å². The summed E-state index contributed by atoms with van der Waals surface area (Å²) in [4.78, 5) is 12.4. The third-order valence-corrected chi connectivity index (χ3v) is 4.58. The van der Waals surface area contributed by atoms with E-state index in [0.29, 0.717) is 10.7 Å². The fourth-order valence-corrected chi connectivity index (χ4v) is 3.12. The number of hydrogen-bond acceptors (Lipinski definition) is 3. The summed E-state index contributed by atoms with van der Waals surface area (Å²) in [5.41, 5.74) is 3.20. The van der Waals surface area contributed by atoms with Crippen molar-refractivity contribution in [3.8, 4) is 5.75 Å². The van der Waals surface area contributed by atoms with Gasteiger partial charge in [0.25, 0.3) is 5.91 Å². The molecule has 29 heavy (non-hydrogen) atoms. The molecule has 3 aromatic carbocycles. The van der Waals surface area contributed by atoms with Crippen molar-refractivity contribution in [3.63, 3.8) is 0 Å². The zero-order chi connectivity index (χ0) is 20.6. The number of carbonyl (C=O) groups is 1. The fraction of sp³-hybridized carbons (Fsp3) is 0.130. The van der Waals surface area contributed by atoms with Gasteiger partial charge in [0.2, 0.25) is 0 Å². The number of amides is 1. The van der Waals surface area contributed by atoms with E-state index < -0.39 is 0 Å². The van der Waals surface area contributed by atoms with Crippen LogP contribution in [0.15, 0.2) is 78.9 Å². The minimum Gasteiger partial charge on any atom is -0.497 e. The van der Waals surface area contributed by atoms with E-state index in [1.54, 1.807) is 19.2 Å². The lowest BCUT2D eigenvalue weighted by Gasteiger charge is -2.18. The molecule has 0 fully saturated rings. The summed E-state index contributed by atoms with van der Waals surface area (Å²) in [5.74, 6) is 0.617. The summed E-state index contributed by atoms with van der Waals surface area (Å²) in [5, 5.41) is 9.85. The lowest BCUT2D eigenvalue weighted by molar-refractivity contribution is 0.102. The van der Waals surface area contributed by atoms with Crippen LogP contribution in [-0.2, 0) is 0 Å². The summed E-state index contributed by atoms with van der Waals surface area (Å²) >= 11 is 5.43. The Morgan fingerprint density at radius 2 is 1.59 bits per heavy atom. The molecule has 0 heterocycles. The van der Waals surface area contributed by atoms with Crippen molar-refractivity contribution in [2.75, 3.05) is 17.7 Å². The van der Waals surface area contributed by atoms with Gasteiger partial charge in [0.05, 0.1) is 13.2 Å². The maximum atomic E-state index is 12.4. The van der Waals surface area contributed by atoms with Crippen LogP contribution in [0.2, 0.25) is 0 Å². The lowest BCUT2D eigenvalue weighted by Crippen LogP contribution is -2.30. The van der Waals surface area contributed by atoms with Gasteiger partial charge in [-0.15, -0.1) is 0 Å². The van der Waals surface area contributed by atoms with E-state index in [0.717, 1.165) is 22.7 Å². The zero-order valence-corrected chi connectivity index (χ0v) is 17.1. The van der Waals surface area contributed by atoms with Gasteiger partial charge in [-0.1, -0.05) is 36.4 Å². The Balaban J connectivity index is 1.62. The Morgan fingerprint density at radius 1 is 0.897 bits per heavy atom. The standard InChI is InChI=1S/C23H23N3O2S/c1-16(24-23(29)26-20-12-7-13-21(15-20)28-2)18-10-6-11-19(14-18)25-22(27)17-8-4-3-5-9-17/h3-16H,1-2H3,(H,25,27)(H2,24,26,29). The monoisotopic (exact) mass is 405 g/mol. The Bertz CT molecular complexity index is 992. The Morgan fingerprint density at radius 3 is 2.31 bits per heavy atom. The first-order valence-corrected chi connectivity index (χ1v) is 9.64. The molecule has 5 nitrogen and oxygen atoms in total. The molecular formula is C23H23N3O2S. The van der Waals surface area contributed by atoms with Gasteiger partial charge in [0, 0.05) is 23.0 Å². The molecule has 6 heteroatoms. The van der Waals surface area contributed by atoms with E-state index in [1.807, 2.05) is 73.7 Å². The molecule has 0 saturated heterocycles. The number of methoxy groups -OCH3 is 1. The topological polar surface area (TPSA) is 62.4 Å². The van der Waals surface area contributed by atoms with Crippen molar-refractivity contribution in [3.05, 3.63) is 90.0 Å². The second-order valence-corrected chi connectivity index (χ2v) is 6.91. The van der Waals surface area contributed by atoms with Crippen molar-refractivity contribution < 1.29 is 9.53 Å². The molecular weight excluding hydrogens is 382 g/mol. The van der Waals surface area contributed by atoms with Crippen LogP contribution in [0.4, 0.5) is 11.4 Å². The van der Waals surface area contributed by atoms with Gasteiger partial charge >= 0.3 is 0 Å². The molecule has 0 bridgehead atoms. The predicted octanol–water partition coefficient (Wildman–Crippen LogP) is 5.00. The van der Waals surface area contributed by atoms with Crippen LogP contribution in [0.3, 0.4) is 0 Å². The predicted molar refractivity (Wildman–Crippen MR) is 122 cm³/mol. The zero-order valence-electron chi connectivity index (χ0n) is 16.3. The van der Waals surface area contributed by atoms with Crippen LogP contribution in [0.5, 0.6) is 5.75 Å². The van der Waals surface area contributed by atoms with E-state index >= 15 is 0 Å². The van der Waals surface area contributed by atoms with Crippen LogP contribution in [0.25, 0.3) is 0 Å². The van der Waals surface area contributed by atoms with Crippen LogP contribution >= 0.6 is 12.2 Å². The second kappa shape index (κ2) is 9.71. The molecule has 0 radical (unpaired) electrons. The molecule has 3 aromatic rings. The van der Waals surface area contributed by atoms with Gasteiger partial charge in [-0.3, -0.25) is 4.79 Å². The van der Waals surface area contributed by atoms with Crippen molar-refractivity contribution in [1.82, 2.24) is 5.32 Å². The number of benzene rings is 3. The molecule has 3 rings (SSSR count). The molecule has 3 N–H and O–H groups in total. The molecule has 0 spiro atoms. The first kappa shape index (κ1) is 20.4. The number of anilines is 2. The van der Waals surface area contributed by atoms with E-state index in [2.05, 4.69) is 16.0 Å². The summed E-state index contributed by atoms with van der Waals surface area (Å²) in [7, 11) is 1.63. The van der Waals surface area contributed by atoms with Crippen LogP contribution in [0.1, 0.15) is 28.9 Å². The van der Waals surface area contributed by atoms with Gasteiger partial charge in [-0.2, -0.15) is 0 Å². The van der Waals surface area contributed by atoms with E-state index in [9.17, 15) is 4.79 Å². The van der Waals surface area contributed by atoms with Crippen molar-refractivity contribution in [1.29, 1.82) is 0 Å². The van der Waals surface area contributed by atoms with Crippen molar-refractivity contribution in [2.45, 2.75) is 13.0 Å². The molecule has 1 unspecified atom stereocenters. The van der Waals surface area contributed by atoms with Crippen LogP contribution < -0.4 is 20.7 Å². The highest BCUT2D eigenvalue weighted by Gasteiger charge is 2.10. The van der Waals surface area contributed by atoms with Gasteiger partial charge in [0.15, 0.2) is 5.11 Å². The number of rotatable bonds is 6. The molecule has 0 aliphatic rings. The van der Waals surface area contributed by atoms with Gasteiger partial charge in [-0.25, -0.2) is 0 Å². The van der Waals surface area contributed by atoms with Gasteiger partial charge < -0.3 is 20.7 Å². The maximum Gasteiger partial charge on any atom is 0.255 e. The number of hydrogen-bond donors (Lipinski definition) is 3. The first-order valence-electron chi connectivity index (χ1n) is 9.23. The molecule has 0 aliphatic carbocycles. The summed E-state index contributed by atoms with van der Waals surface area (Å²) < 4.78 is 5.23. The van der Waals surface area contributed by atoms with Crippen LogP contribution in [-0.4, -0.2) is 18.1 Å². The Labute approximate surface area is 176 Å². The SMILES string of the molecule is COc1cccc(NC(=S)NC(C)c2cccc(NC(=O)c3ccccc3)c2)c1. The first-order chi connectivity index (χ1) is 14.0. The third-order valence-electron chi connectivity index (χ3n) is 4.36. The smallest absolute Gasteiger partial charge is 0.255 e. The average molecular weight is 406 g/mol. The highest BCUT2D eigenvalue weighted by Crippen LogP contribution is 2.20. The number of nitrogens with one attached hydrogen (secondary N) is 3. The molecule has 1 amide bonds. The number of carbonyl (C=O) groups excluding carboxylic acids is 1.